The molecule has 0 spiro atoms. The van der Waals surface area contributed by atoms with Crippen LogP contribution in [-0.4, -0.2) is 5.67 Å². The summed E-state index contributed by atoms with van der Waals surface area (Å²) in [5.74, 6) is 2.32. The highest BCUT2D eigenvalue weighted by Gasteiger charge is 2.36. The normalized spacial score (nSPS) is 25.9. The second-order valence-corrected chi connectivity index (χ2v) is 2.85. The van der Waals surface area contributed by atoms with Gasteiger partial charge in [-0.05, 0) is 19.8 Å². The van der Waals surface area contributed by atoms with Crippen molar-refractivity contribution in [1.29, 1.82) is 0 Å². The van der Waals surface area contributed by atoms with Crippen molar-refractivity contribution in [3.05, 3.63) is 0 Å². The van der Waals surface area contributed by atoms with Crippen LogP contribution in [0.2, 0.25) is 0 Å². The molecule has 0 saturated heterocycles. The van der Waals surface area contributed by atoms with Crippen LogP contribution in [0.5, 0.6) is 0 Å². The molecule has 0 aromatic heterocycles. The van der Waals surface area contributed by atoms with Crippen molar-refractivity contribution in [2.45, 2.75) is 31.9 Å². The van der Waals surface area contributed by atoms with E-state index in [0.717, 1.165) is 19.3 Å². The minimum Gasteiger partial charge on any atom is -0.230 e. The van der Waals surface area contributed by atoms with E-state index >= 15 is 0 Å². The molecule has 1 saturated carbocycles. The van der Waals surface area contributed by atoms with Gasteiger partial charge in [0.2, 0.25) is 0 Å². The monoisotopic (exact) mass is 126 g/mol. The molecule has 0 bridgehead atoms. The second kappa shape index (κ2) is 2.02. The summed E-state index contributed by atoms with van der Waals surface area (Å²) in [6.45, 7) is 1.50. The van der Waals surface area contributed by atoms with Gasteiger partial charge in [-0.25, -0.2) is 4.39 Å². The molecule has 0 aliphatic heterocycles. The van der Waals surface area contributed by atoms with Crippen molar-refractivity contribution >= 4 is 0 Å². The average molecular weight is 126 g/mol. The first kappa shape index (κ1) is 6.61. The molecule has 0 aromatic rings. The molecule has 0 heterocycles. The molecule has 0 nitrogen and oxygen atoms in total. The summed E-state index contributed by atoms with van der Waals surface area (Å²) >= 11 is 0. The molecular formula is C8H11F. The van der Waals surface area contributed by atoms with E-state index in [4.69, 9.17) is 6.42 Å². The van der Waals surface area contributed by atoms with Crippen LogP contribution in [-0.2, 0) is 0 Å². The first-order valence-electron chi connectivity index (χ1n) is 3.33. The Morgan fingerprint density at radius 3 is 2.33 bits per heavy atom. The minimum atomic E-state index is -1.34. The number of hydrogen-bond donors (Lipinski definition) is 0. The second-order valence-electron chi connectivity index (χ2n) is 2.85. The maximum Gasteiger partial charge on any atom is 0.170 e. The van der Waals surface area contributed by atoms with Gasteiger partial charge in [-0.15, -0.1) is 6.42 Å². The Bertz CT molecular complexity index is 137. The van der Waals surface area contributed by atoms with Crippen LogP contribution in [0, 0.1) is 18.3 Å². The Balaban J connectivity index is 2.50. The van der Waals surface area contributed by atoms with Crippen molar-refractivity contribution in [3.8, 4) is 12.3 Å². The van der Waals surface area contributed by atoms with E-state index in [2.05, 4.69) is 5.92 Å². The van der Waals surface area contributed by atoms with Gasteiger partial charge in [-0.3, -0.25) is 0 Å². The van der Waals surface area contributed by atoms with Gasteiger partial charge in [0.05, 0.1) is 0 Å². The van der Waals surface area contributed by atoms with E-state index < -0.39 is 5.67 Å². The highest BCUT2D eigenvalue weighted by molar-refractivity contribution is 5.09. The van der Waals surface area contributed by atoms with Crippen molar-refractivity contribution in [2.24, 2.45) is 5.92 Å². The van der Waals surface area contributed by atoms with Crippen LogP contribution in [0.3, 0.4) is 0 Å². The Morgan fingerprint density at radius 2 is 2.22 bits per heavy atom. The largest absolute Gasteiger partial charge is 0.230 e. The summed E-state index contributed by atoms with van der Waals surface area (Å²) < 4.78 is 13.0. The topological polar surface area (TPSA) is 0 Å². The van der Waals surface area contributed by atoms with Gasteiger partial charge in [0.1, 0.15) is 0 Å². The predicted octanol–water partition coefficient (Wildman–Crippen LogP) is 2.15. The van der Waals surface area contributed by atoms with Crippen LogP contribution in [0.25, 0.3) is 0 Å². The van der Waals surface area contributed by atoms with E-state index in [1.165, 1.54) is 6.92 Å². The third-order valence-electron chi connectivity index (χ3n) is 2.15. The fourth-order valence-corrected chi connectivity index (χ4v) is 1.07. The quantitative estimate of drug-likeness (QED) is 0.472. The zero-order valence-electron chi connectivity index (χ0n) is 5.65. The minimum absolute atomic E-state index is 0.141. The van der Waals surface area contributed by atoms with Crippen LogP contribution in [0.15, 0.2) is 0 Å². The molecule has 0 aromatic carbocycles. The molecule has 0 N–H and O–H groups in total. The van der Waals surface area contributed by atoms with Gasteiger partial charge < -0.3 is 0 Å². The van der Waals surface area contributed by atoms with Crippen molar-refractivity contribution in [3.63, 3.8) is 0 Å². The van der Waals surface area contributed by atoms with E-state index in [9.17, 15) is 4.39 Å². The molecule has 1 rings (SSSR count). The smallest absolute Gasteiger partial charge is 0.170 e. The number of rotatable bonds is 1. The van der Waals surface area contributed by atoms with Crippen molar-refractivity contribution in [1.82, 2.24) is 0 Å². The van der Waals surface area contributed by atoms with Crippen molar-refractivity contribution < 1.29 is 4.39 Å². The number of terminal acetylenes is 1. The van der Waals surface area contributed by atoms with Crippen molar-refractivity contribution in [2.75, 3.05) is 0 Å². The first-order valence-corrected chi connectivity index (χ1v) is 3.33. The van der Waals surface area contributed by atoms with E-state index in [0.29, 0.717) is 0 Å². The van der Waals surface area contributed by atoms with Crippen LogP contribution < -0.4 is 0 Å². The molecule has 0 unspecified atom stereocenters. The summed E-state index contributed by atoms with van der Waals surface area (Å²) in [4.78, 5) is 0. The fraction of sp³-hybridized carbons (Fsp3) is 0.750. The zero-order valence-corrected chi connectivity index (χ0v) is 5.65. The lowest BCUT2D eigenvalue weighted by Crippen LogP contribution is -2.32. The Hall–Kier alpha value is -0.510. The maximum atomic E-state index is 13.0. The molecule has 1 aliphatic carbocycles. The molecule has 1 aliphatic rings. The summed E-state index contributed by atoms with van der Waals surface area (Å²) in [6.07, 6.45) is 8.08. The van der Waals surface area contributed by atoms with Gasteiger partial charge in [0.25, 0.3) is 0 Å². The Kier molecular flexibility index (Phi) is 1.48. The molecule has 1 fully saturated rings. The lowest BCUT2D eigenvalue weighted by Gasteiger charge is -2.32. The number of halogens is 1. The highest BCUT2D eigenvalue weighted by Crippen LogP contribution is 2.37. The molecule has 1 heteroatoms. The number of hydrogen-bond acceptors (Lipinski definition) is 0. The summed E-state index contributed by atoms with van der Waals surface area (Å²) in [7, 11) is 0. The Labute approximate surface area is 55.5 Å². The lowest BCUT2D eigenvalue weighted by molar-refractivity contribution is 0.103. The Morgan fingerprint density at radius 1 is 1.67 bits per heavy atom. The van der Waals surface area contributed by atoms with Gasteiger partial charge >= 0.3 is 0 Å². The molecule has 1 atom stereocenters. The van der Waals surface area contributed by atoms with Gasteiger partial charge in [0.15, 0.2) is 5.67 Å². The zero-order chi connectivity index (χ0) is 6.91. The molecule has 50 valence electrons. The van der Waals surface area contributed by atoms with Gasteiger partial charge in [0, 0.05) is 5.92 Å². The van der Waals surface area contributed by atoms with Gasteiger partial charge in [-0.2, -0.15) is 0 Å². The summed E-state index contributed by atoms with van der Waals surface area (Å²) in [5.41, 5.74) is -1.34. The first-order chi connectivity index (χ1) is 4.17. The predicted molar refractivity (Wildman–Crippen MR) is 35.7 cm³/mol. The van der Waals surface area contributed by atoms with E-state index in [1.807, 2.05) is 0 Å². The maximum absolute atomic E-state index is 13.0. The molecular weight excluding hydrogens is 115 g/mol. The summed E-state index contributed by atoms with van der Waals surface area (Å²) in [6, 6.07) is 0. The van der Waals surface area contributed by atoms with E-state index in [-0.39, 0.29) is 5.92 Å². The average Bonchev–Trinajstić information content (AvgIpc) is 1.60. The van der Waals surface area contributed by atoms with E-state index in [1.54, 1.807) is 0 Å². The number of alkyl halides is 1. The highest BCUT2D eigenvalue weighted by atomic mass is 19.1. The standard InChI is InChI=1S/C8H11F/c1-3-8(2,9)7-5-4-6-7/h1,7H,4-6H2,2H3/t8-/m1/s1. The molecule has 0 amide bonds. The van der Waals surface area contributed by atoms with Gasteiger partial charge in [-0.1, -0.05) is 12.3 Å². The lowest BCUT2D eigenvalue weighted by atomic mass is 9.75. The third-order valence-corrected chi connectivity index (χ3v) is 2.15. The fourth-order valence-electron chi connectivity index (χ4n) is 1.07. The third kappa shape index (κ3) is 1.08. The SMILES string of the molecule is C#C[C@@](C)(F)C1CCC1. The summed E-state index contributed by atoms with van der Waals surface area (Å²) in [5, 5.41) is 0. The molecule has 9 heavy (non-hydrogen) atoms. The van der Waals surface area contributed by atoms with Crippen LogP contribution >= 0.6 is 0 Å². The van der Waals surface area contributed by atoms with Crippen LogP contribution in [0.1, 0.15) is 26.2 Å². The van der Waals surface area contributed by atoms with Crippen LogP contribution in [0.4, 0.5) is 4.39 Å². The molecule has 0 radical (unpaired) electrons.